The Balaban J connectivity index is 1.33. The highest BCUT2D eigenvalue weighted by Gasteiger charge is 2.45. The predicted molar refractivity (Wildman–Crippen MR) is 184 cm³/mol. The van der Waals surface area contributed by atoms with Crippen LogP contribution in [0.4, 0.5) is 14.6 Å². The quantitative estimate of drug-likeness (QED) is 0.194. The Labute approximate surface area is 288 Å². The van der Waals surface area contributed by atoms with E-state index in [1.807, 2.05) is 4.90 Å². The van der Waals surface area contributed by atoms with Crippen molar-refractivity contribution in [3.8, 4) is 35.4 Å². The average Bonchev–Trinajstić information content (AvgIpc) is 3.94. The number of carbonyl (C=O) groups excluding carboxylic acids is 1. The molecule has 1 saturated carbocycles. The minimum atomic E-state index is -0.755. The van der Waals surface area contributed by atoms with E-state index in [2.05, 4.69) is 32.7 Å². The van der Waals surface area contributed by atoms with Crippen LogP contribution in [0, 0.1) is 29.4 Å². The number of carbonyl (C=O) groups is 1. The van der Waals surface area contributed by atoms with Crippen LogP contribution in [0.2, 0.25) is 0 Å². The van der Waals surface area contributed by atoms with E-state index in [-0.39, 0.29) is 46.3 Å². The second-order valence-electron chi connectivity index (χ2n) is 13.0. The van der Waals surface area contributed by atoms with Crippen LogP contribution in [0.1, 0.15) is 18.4 Å². The fraction of sp³-hybridized carbons (Fsp3) is 0.405. The Morgan fingerprint density at radius 2 is 1.98 bits per heavy atom. The number of anilines is 1. The zero-order valence-corrected chi connectivity index (χ0v) is 27.8. The van der Waals surface area contributed by atoms with Crippen LogP contribution in [0.3, 0.4) is 0 Å². The third kappa shape index (κ3) is 6.79. The molecule has 2 saturated heterocycles. The topological polar surface area (TPSA) is 111 Å². The molecule has 0 unspecified atom stereocenters. The largest absolute Gasteiger partial charge is 0.497 e. The van der Waals surface area contributed by atoms with Gasteiger partial charge in [-0.3, -0.25) is 14.7 Å². The first-order valence-corrected chi connectivity index (χ1v) is 16.6. The number of fused-ring (bicyclic) bond motifs is 2. The van der Waals surface area contributed by atoms with Crippen molar-refractivity contribution >= 4 is 33.4 Å². The summed E-state index contributed by atoms with van der Waals surface area (Å²) >= 11 is 0. The van der Waals surface area contributed by atoms with Crippen molar-refractivity contribution in [3.05, 3.63) is 60.3 Å². The van der Waals surface area contributed by atoms with Crippen LogP contribution in [-0.4, -0.2) is 105 Å². The Morgan fingerprint density at radius 3 is 2.72 bits per heavy atom. The predicted octanol–water partition coefficient (Wildman–Crippen LogP) is 4.11. The molecule has 0 radical (unpaired) electrons. The molecular weight excluding hydrogens is 646 g/mol. The summed E-state index contributed by atoms with van der Waals surface area (Å²) in [5.41, 5.74) is 0.0799. The number of benzene rings is 2. The summed E-state index contributed by atoms with van der Waals surface area (Å²) in [7, 11) is 1.49. The number of hydrogen-bond donors (Lipinski definition) is 1. The third-order valence-electron chi connectivity index (χ3n) is 9.54. The van der Waals surface area contributed by atoms with Gasteiger partial charge in [-0.2, -0.15) is 9.97 Å². The van der Waals surface area contributed by atoms with Gasteiger partial charge in [0.05, 0.1) is 57.1 Å². The molecule has 4 heterocycles. The number of aromatic nitrogens is 3. The van der Waals surface area contributed by atoms with Crippen molar-refractivity contribution in [2.75, 3.05) is 77.8 Å². The van der Waals surface area contributed by atoms with Crippen LogP contribution < -0.4 is 19.7 Å². The lowest BCUT2D eigenvalue weighted by molar-refractivity contribution is -0.117. The van der Waals surface area contributed by atoms with Gasteiger partial charge in [0.15, 0.2) is 5.82 Å². The molecule has 2 aromatic heterocycles. The number of ether oxygens (including phenoxy) is 4. The number of pyridine rings is 1. The summed E-state index contributed by atoms with van der Waals surface area (Å²) in [6, 6.07) is 5.75. The van der Waals surface area contributed by atoms with Gasteiger partial charge < -0.3 is 29.2 Å². The molecule has 50 heavy (non-hydrogen) atoms. The van der Waals surface area contributed by atoms with Gasteiger partial charge in [0.25, 0.3) is 0 Å². The fourth-order valence-electron chi connectivity index (χ4n) is 6.70. The van der Waals surface area contributed by atoms with E-state index in [1.165, 1.54) is 25.4 Å². The maximum Gasteiger partial charge on any atom is 0.319 e. The van der Waals surface area contributed by atoms with Crippen molar-refractivity contribution in [2.45, 2.75) is 18.9 Å². The third-order valence-corrected chi connectivity index (χ3v) is 9.54. The number of nitrogens with zero attached hydrogens (tertiary/aromatic N) is 5. The second kappa shape index (κ2) is 14.1. The smallest absolute Gasteiger partial charge is 0.319 e. The maximum absolute atomic E-state index is 17.0. The van der Waals surface area contributed by atoms with Gasteiger partial charge in [-0.25, -0.2) is 8.78 Å². The van der Waals surface area contributed by atoms with Gasteiger partial charge in [-0.05, 0) is 42.5 Å². The van der Waals surface area contributed by atoms with Crippen LogP contribution in [0.15, 0.2) is 43.1 Å². The summed E-state index contributed by atoms with van der Waals surface area (Å²) in [4.78, 5) is 30.5. The molecule has 2 aliphatic heterocycles. The van der Waals surface area contributed by atoms with E-state index in [9.17, 15) is 9.18 Å². The van der Waals surface area contributed by atoms with Gasteiger partial charge >= 0.3 is 6.01 Å². The number of nitrogens with one attached hydrogen (secondary N) is 1. The van der Waals surface area contributed by atoms with Crippen LogP contribution in [0.5, 0.6) is 11.8 Å². The molecule has 13 heteroatoms. The Morgan fingerprint density at radius 1 is 1.18 bits per heavy atom. The summed E-state index contributed by atoms with van der Waals surface area (Å²) in [6.07, 6.45) is 10.4. The summed E-state index contributed by atoms with van der Waals surface area (Å²) in [6.45, 7) is 9.26. The highest BCUT2D eigenvalue weighted by molar-refractivity contribution is 6.03. The molecular formula is C37H38F2N6O5. The number of halogens is 2. The number of hydrogen-bond acceptors (Lipinski definition) is 10. The number of terminal acetylenes is 1. The van der Waals surface area contributed by atoms with Crippen molar-refractivity contribution in [2.24, 2.45) is 5.41 Å². The first-order chi connectivity index (χ1) is 24.3. The average molecular weight is 685 g/mol. The molecule has 1 amide bonds. The highest BCUT2D eigenvalue weighted by Crippen LogP contribution is 2.47. The molecule has 1 aliphatic carbocycles. The maximum atomic E-state index is 17.0. The number of rotatable bonds is 10. The first kappa shape index (κ1) is 33.6. The fourth-order valence-corrected chi connectivity index (χ4v) is 6.70. The Hall–Kier alpha value is -4.90. The highest BCUT2D eigenvalue weighted by atomic mass is 19.1. The first-order valence-electron chi connectivity index (χ1n) is 16.6. The van der Waals surface area contributed by atoms with Gasteiger partial charge in [0, 0.05) is 55.3 Å². The number of morpholine rings is 1. The minimum absolute atomic E-state index is 0.0129. The Bertz CT molecular complexity index is 1990. The summed E-state index contributed by atoms with van der Waals surface area (Å²) in [5.74, 6) is 1.52. The molecule has 260 valence electrons. The van der Waals surface area contributed by atoms with Gasteiger partial charge in [0.2, 0.25) is 5.91 Å². The SMILES string of the molecule is C#Cc1c(F)ccc2cc(OC)cc(-c3ncc4c(N5CCOC[C@@H](NC(=O)C=C)C5)nc(OCC5(CN6CCOCC6)CC5)nc4c3F)c12. The zero-order chi connectivity index (χ0) is 34.8. The monoisotopic (exact) mass is 684 g/mol. The Kier molecular flexibility index (Phi) is 9.50. The van der Waals surface area contributed by atoms with Crippen molar-refractivity contribution < 1.29 is 32.5 Å². The summed E-state index contributed by atoms with van der Waals surface area (Å²) < 4.78 is 55.1. The van der Waals surface area contributed by atoms with Crippen molar-refractivity contribution in [3.63, 3.8) is 0 Å². The molecule has 3 aliphatic rings. The van der Waals surface area contributed by atoms with Gasteiger partial charge in [-0.1, -0.05) is 18.6 Å². The van der Waals surface area contributed by atoms with Crippen molar-refractivity contribution in [1.82, 2.24) is 25.2 Å². The standard InChI is InChI=1S/C37H38F2N6O5/c1-4-26-29(38)7-6-23-16-25(47-3)17-27(31(23)26)33-32(39)34-28(18-40-33)35(45-12-15-49-20-24(19-45)41-30(46)5-2)43-36(42-34)50-22-37(8-9-37)21-44-10-13-48-14-11-44/h1,5-7,16-18,24H,2,8-15,19-22H2,3H3,(H,41,46)/t24-/m0/s1. The molecule has 0 spiro atoms. The summed E-state index contributed by atoms with van der Waals surface area (Å²) in [5, 5.41) is 4.11. The van der Waals surface area contributed by atoms with Crippen LogP contribution >= 0.6 is 0 Å². The molecule has 0 bridgehead atoms. The molecule has 11 nitrogen and oxygen atoms in total. The molecule has 4 aromatic rings. The van der Waals surface area contributed by atoms with E-state index in [0.717, 1.165) is 32.5 Å². The van der Waals surface area contributed by atoms with E-state index < -0.39 is 17.7 Å². The molecule has 2 aromatic carbocycles. The molecule has 1 atom stereocenters. The zero-order valence-electron chi connectivity index (χ0n) is 27.8. The van der Waals surface area contributed by atoms with E-state index in [4.69, 9.17) is 30.4 Å². The van der Waals surface area contributed by atoms with E-state index in [1.54, 1.807) is 18.2 Å². The lowest BCUT2D eigenvalue weighted by Crippen LogP contribution is -2.44. The normalized spacial score (nSPS) is 19.1. The van der Waals surface area contributed by atoms with Crippen LogP contribution in [-0.2, 0) is 14.3 Å². The number of amides is 1. The lowest BCUT2D eigenvalue weighted by Gasteiger charge is -2.30. The van der Waals surface area contributed by atoms with Gasteiger partial charge in [0.1, 0.15) is 28.6 Å². The number of methoxy groups -OCH3 is 1. The van der Waals surface area contributed by atoms with Crippen LogP contribution in [0.25, 0.3) is 32.9 Å². The second-order valence-corrected chi connectivity index (χ2v) is 13.0. The van der Waals surface area contributed by atoms with E-state index in [0.29, 0.717) is 67.2 Å². The van der Waals surface area contributed by atoms with Gasteiger partial charge in [-0.15, -0.1) is 6.42 Å². The molecule has 3 fully saturated rings. The minimum Gasteiger partial charge on any atom is -0.497 e. The van der Waals surface area contributed by atoms with E-state index >= 15 is 4.39 Å². The van der Waals surface area contributed by atoms with Crippen molar-refractivity contribution in [1.29, 1.82) is 0 Å². The lowest BCUT2D eigenvalue weighted by atomic mass is 9.95. The molecule has 1 N–H and O–H groups in total. The molecule has 7 rings (SSSR count).